The number of pyridine rings is 1. The Balaban J connectivity index is 1.82. The number of anilines is 2. The zero-order chi connectivity index (χ0) is 22.2. The Kier molecular flexibility index (Phi) is 5.87. The van der Waals surface area contributed by atoms with Gasteiger partial charge in [0.05, 0.1) is 36.8 Å². The molecule has 3 aromatic rings. The normalized spacial score (nSPS) is 18.7. The van der Waals surface area contributed by atoms with Crippen LogP contribution < -0.4 is 19.7 Å². The van der Waals surface area contributed by atoms with Crippen LogP contribution in [-0.2, 0) is 10.0 Å². The minimum Gasteiger partial charge on any atom is -0.495 e. The summed E-state index contributed by atoms with van der Waals surface area (Å²) >= 11 is 7.42. The van der Waals surface area contributed by atoms with Crippen molar-refractivity contribution in [2.75, 3.05) is 23.0 Å². The molecule has 10 heteroatoms. The molecule has 1 aliphatic rings. The SMILES string of the molecule is COc1ccc(N2C(=S)N[C@H](c3ccccn3)[C@@H]2c2ccc(C)s2)cc1NS(C)(=O)=O. The van der Waals surface area contributed by atoms with Gasteiger partial charge in [0.2, 0.25) is 10.0 Å². The molecule has 0 radical (unpaired) electrons. The van der Waals surface area contributed by atoms with E-state index in [4.69, 9.17) is 17.0 Å². The second kappa shape index (κ2) is 8.45. The van der Waals surface area contributed by atoms with Crippen molar-refractivity contribution in [1.29, 1.82) is 0 Å². The number of nitrogens with zero attached hydrogens (tertiary/aromatic N) is 2. The van der Waals surface area contributed by atoms with Gasteiger partial charge in [0, 0.05) is 21.6 Å². The fraction of sp³-hybridized carbons (Fsp3) is 0.238. The highest BCUT2D eigenvalue weighted by Gasteiger charge is 2.41. The van der Waals surface area contributed by atoms with Crippen LogP contribution in [0.5, 0.6) is 5.75 Å². The van der Waals surface area contributed by atoms with E-state index < -0.39 is 10.0 Å². The number of hydrogen-bond donors (Lipinski definition) is 2. The summed E-state index contributed by atoms with van der Waals surface area (Å²) in [5.41, 5.74) is 1.98. The highest BCUT2D eigenvalue weighted by atomic mass is 32.2. The Morgan fingerprint density at radius 2 is 2.03 bits per heavy atom. The lowest BCUT2D eigenvalue weighted by Crippen LogP contribution is -2.29. The van der Waals surface area contributed by atoms with Gasteiger partial charge in [0.15, 0.2) is 5.11 Å². The number of aromatic nitrogens is 1. The van der Waals surface area contributed by atoms with E-state index >= 15 is 0 Å². The molecule has 2 aromatic heterocycles. The molecule has 1 aliphatic heterocycles. The average molecular weight is 475 g/mol. The second-order valence-electron chi connectivity index (χ2n) is 7.20. The van der Waals surface area contributed by atoms with Crippen molar-refractivity contribution in [3.63, 3.8) is 0 Å². The summed E-state index contributed by atoms with van der Waals surface area (Å²) in [6.45, 7) is 2.07. The first-order valence-electron chi connectivity index (χ1n) is 9.49. The summed E-state index contributed by atoms with van der Waals surface area (Å²) in [6.07, 6.45) is 2.87. The summed E-state index contributed by atoms with van der Waals surface area (Å²) in [4.78, 5) is 8.88. The van der Waals surface area contributed by atoms with E-state index in [2.05, 4.69) is 34.1 Å². The highest BCUT2D eigenvalue weighted by molar-refractivity contribution is 7.92. The summed E-state index contributed by atoms with van der Waals surface area (Å²) in [6, 6.07) is 15.0. The van der Waals surface area contributed by atoms with Gasteiger partial charge in [-0.25, -0.2) is 8.42 Å². The Morgan fingerprint density at radius 1 is 1.23 bits per heavy atom. The number of rotatable bonds is 6. The molecule has 2 N–H and O–H groups in total. The average Bonchev–Trinajstić information content (AvgIpc) is 3.30. The molecule has 1 aromatic carbocycles. The summed E-state index contributed by atoms with van der Waals surface area (Å²) in [7, 11) is -1.99. The first-order valence-corrected chi connectivity index (χ1v) is 12.6. The Labute approximate surface area is 191 Å². The topological polar surface area (TPSA) is 83.6 Å². The Hall–Kier alpha value is -2.69. The number of aryl methyl sites for hydroxylation is 1. The molecule has 7 nitrogen and oxygen atoms in total. The molecule has 1 fully saturated rings. The van der Waals surface area contributed by atoms with Gasteiger partial charge < -0.3 is 15.0 Å². The number of thiophene rings is 1. The lowest BCUT2D eigenvalue weighted by Gasteiger charge is -2.27. The van der Waals surface area contributed by atoms with Crippen LogP contribution in [0.4, 0.5) is 11.4 Å². The van der Waals surface area contributed by atoms with Crippen molar-refractivity contribution in [3.8, 4) is 5.75 Å². The Morgan fingerprint density at radius 3 is 2.65 bits per heavy atom. The maximum atomic E-state index is 11.9. The molecule has 3 heterocycles. The molecule has 31 heavy (non-hydrogen) atoms. The maximum Gasteiger partial charge on any atom is 0.229 e. The fourth-order valence-electron chi connectivity index (χ4n) is 3.66. The first-order chi connectivity index (χ1) is 14.8. The van der Waals surface area contributed by atoms with Crippen molar-refractivity contribution in [2.24, 2.45) is 0 Å². The summed E-state index contributed by atoms with van der Waals surface area (Å²) in [5, 5.41) is 3.95. The molecule has 0 spiro atoms. The van der Waals surface area contributed by atoms with Gasteiger partial charge in [-0.05, 0) is 61.6 Å². The third-order valence-electron chi connectivity index (χ3n) is 4.91. The van der Waals surface area contributed by atoms with E-state index in [1.54, 1.807) is 29.7 Å². The summed E-state index contributed by atoms with van der Waals surface area (Å²) < 4.78 is 31.6. The minimum absolute atomic E-state index is 0.138. The van der Waals surface area contributed by atoms with Gasteiger partial charge >= 0.3 is 0 Å². The van der Waals surface area contributed by atoms with E-state index in [0.717, 1.165) is 22.5 Å². The molecule has 0 saturated carbocycles. The monoisotopic (exact) mass is 474 g/mol. The zero-order valence-corrected chi connectivity index (χ0v) is 19.6. The molecule has 0 aliphatic carbocycles. The molecule has 2 atom stereocenters. The molecule has 162 valence electrons. The van der Waals surface area contributed by atoms with Gasteiger partial charge in [-0.15, -0.1) is 11.3 Å². The molecule has 1 saturated heterocycles. The minimum atomic E-state index is -3.48. The third kappa shape index (κ3) is 4.51. The molecule has 0 bridgehead atoms. The van der Waals surface area contributed by atoms with Crippen molar-refractivity contribution < 1.29 is 13.2 Å². The van der Waals surface area contributed by atoms with E-state index in [1.165, 1.54) is 12.0 Å². The lowest BCUT2D eigenvalue weighted by atomic mass is 10.0. The van der Waals surface area contributed by atoms with Crippen LogP contribution in [0.1, 0.15) is 27.5 Å². The van der Waals surface area contributed by atoms with Gasteiger partial charge in [-0.1, -0.05) is 6.07 Å². The standard InChI is InChI=1S/C21H22N4O3S3/c1-13-7-10-18(30-13)20-19(15-6-4-5-11-22-15)23-21(29)25(20)14-8-9-17(28-2)16(12-14)24-31(3,26)27/h4-12,19-20,24H,1-3H3,(H,23,29)/t19-,20+/m1/s1. The van der Waals surface area contributed by atoms with Crippen molar-refractivity contribution in [2.45, 2.75) is 19.0 Å². The fourth-order valence-corrected chi connectivity index (χ4v) is 5.57. The van der Waals surface area contributed by atoms with Gasteiger partial charge in [-0.3, -0.25) is 9.71 Å². The van der Waals surface area contributed by atoms with E-state index in [9.17, 15) is 8.42 Å². The van der Waals surface area contributed by atoms with Crippen molar-refractivity contribution in [3.05, 3.63) is 70.2 Å². The van der Waals surface area contributed by atoms with Crippen molar-refractivity contribution >= 4 is 50.1 Å². The zero-order valence-electron chi connectivity index (χ0n) is 17.2. The Bertz CT molecular complexity index is 1210. The van der Waals surface area contributed by atoms with Gasteiger partial charge in [-0.2, -0.15) is 0 Å². The van der Waals surface area contributed by atoms with Crippen LogP contribution in [-0.4, -0.2) is 31.9 Å². The summed E-state index contributed by atoms with van der Waals surface area (Å²) in [5.74, 6) is 0.428. The predicted molar refractivity (Wildman–Crippen MR) is 128 cm³/mol. The van der Waals surface area contributed by atoms with Crippen LogP contribution in [0.25, 0.3) is 0 Å². The quantitative estimate of drug-likeness (QED) is 0.522. The second-order valence-corrected chi connectivity index (χ2v) is 10.7. The number of thiocarbonyl (C=S) groups is 1. The maximum absolute atomic E-state index is 11.9. The predicted octanol–water partition coefficient (Wildman–Crippen LogP) is 4.01. The van der Waals surface area contributed by atoms with Crippen LogP contribution in [0.2, 0.25) is 0 Å². The van der Waals surface area contributed by atoms with Crippen LogP contribution in [0, 0.1) is 6.92 Å². The number of benzene rings is 1. The number of ether oxygens (including phenoxy) is 1. The molecular formula is C21H22N4O3S3. The lowest BCUT2D eigenvalue weighted by molar-refractivity contribution is 0.417. The molecule has 0 unspecified atom stereocenters. The molecule has 0 amide bonds. The highest BCUT2D eigenvalue weighted by Crippen LogP contribution is 2.44. The van der Waals surface area contributed by atoms with E-state index in [-0.39, 0.29) is 12.1 Å². The number of nitrogens with one attached hydrogen (secondary N) is 2. The smallest absolute Gasteiger partial charge is 0.229 e. The van der Waals surface area contributed by atoms with E-state index in [0.29, 0.717) is 16.5 Å². The number of sulfonamides is 1. The van der Waals surface area contributed by atoms with Crippen LogP contribution >= 0.6 is 23.6 Å². The first kappa shape index (κ1) is 21.5. The van der Waals surface area contributed by atoms with Gasteiger partial charge in [0.1, 0.15) is 5.75 Å². The number of hydrogen-bond acceptors (Lipinski definition) is 6. The molecular weight excluding hydrogens is 452 g/mol. The van der Waals surface area contributed by atoms with Crippen LogP contribution in [0.3, 0.4) is 0 Å². The third-order valence-corrected chi connectivity index (χ3v) is 6.88. The van der Waals surface area contributed by atoms with Crippen LogP contribution in [0.15, 0.2) is 54.7 Å². The largest absolute Gasteiger partial charge is 0.495 e. The van der Waals surface area contributed by atoms with Crippen molar-refractivity contribution in [1.82, 2.24) is 10.3 Å². The molecule has 4 rings (SSSR count). The van der Waals surface area contributed by atoms with E-state index in [1.807, 2.05) is 29.2 Å². The number of methoxy groups -OCH3 is 1. The van der Waals surface area contributed by atoms with Gasteiger partial charge in [0.25, 0.3) is 0 Å².